The SMILES string of the molecule is CCCN(CCN(C)C)CC1CNC1. The smallest absolute Gasteiger partial charge is 0.0109 e. The van der Waals surface area contributed by atoms with Crippen LogP contribution in [0.25, 0.3) is 0 Å². The lowest BCUT2D eigenvalue weighted by Crippen LogP contribution is -2.49. The fraction of sp³-hybridized carbons (Fsp3) is 1.00. The average Bonchev–Trinajstić information content (AvgIpc) is 2.06. The van der Waals surface area contributed by atoms with Gasteiger partial charge in [-0.3, -0.25) is 0 Å². The topological polar surface area (TPSA) is 18.5 Å². The minimum Gasteiger partial charge on any atom is -0.316 e. The molecular formula is C11H25N3. The van der Waals surface area contributed by atoms with Gasteiger partial charge >= 0.3 is 0 Å². The minimum atomic E-state index is 0.906. The first-order valence-corrected chi connectivity index (χ1v) is 5.80. The van der Waals surface area contributed by atoms with Crippen LogP contribution in [0.5, 0.6) is 0 Å². The van der Waals surface area contributed by atoms with Gasteiger partial charge in [0.25, 0.3) is 0 Å². The van der Waals surface area contributed by atoms with Gasteiger partial charge in [0.15, 0.2) is 0 Å². The molecule has 3 nitrogen and oxygen atoms in total. The molecule has 1 rings (SSSR count). The van der Waals surface area contributed by atoms with E-state index >= 15 is 0 Å². The summed E-state index contributed by atoms with van der Waals surface area (Å²) in [5, 5.41) is 3.34. The molecular weight excluding hydrogens is 174 g/mol. The van der Waals surface area contributed by atoms with E-state index in [-0.39, 0.29) is 0 Å². The number of hydrogen-bond donors (Lipinski definition) is 1. The summed E-state index contributed by atoms with van der Waals surface area (Å²) in [6, 6.07) is 0. The molecule has 0 aromatic heterocycles. The molecule has 0 bridgehead atoms. The molecule has 0 aliphatic carbocycles. The Morgan fingerprint density at radius 1 is 1.14 bits per heavy atom. The van der Waals surface area contributed by atoms with Crippen molar-refractivity contribution in [3.05, 3.63) is 0 Å². The predicted molar refractivity (Wildman–Crippen MR) is 61.6 cm³/mol. The highest BCUT2D eigenvalue weighted by atomic mass is 15.2. The van der Waals surface area contributed by atoms with Crippen LogP contribution in [0.4, 0.5) is 0 Å². The molecule has 0 spiro atoms. The van der Waals surface area contributed by atoms with Gasteiger partial charge in [0, 0.05) is 32.7 Å². The Morgan fingerprint density at radius 3 is 2.29 bits per heavy atom. The van der Waals surface area contributed by atoms with Gasteiger partial charge in [0.2, 0.25) is 0 Å². The minimum absolute atomic E-state index is 0.906. The third kappa shape index (κ3) is 4.40. The summed E-state index contributed by atoms with van der Waals surface area (Å²) < 4.78 is 0. The van der Waals surface area contributed by atoms with E-state index in [0.717, 1.165) is 5.92 Å². The number of hydrogen-bond acceptors (Lipinski definition) is 3. The van der Waals surface area contributed by atoms with Gasteiger partial charge in [-0.25, -0.2) is 0 Å². The van der Waals surface area contributed by atoms with E-state index in [1.165, 1.54) is 45.7 Å². The van der Waals surface area contributed by atoms with E-state index in [2.05, 4.69) is 36.1 Å². The number of rotatable bonds is 7. The number of likely N-dealkylation sites (N-methyl/N-ethyl adjacent to an activating group) is 1. The summed E-state index contributed by atoms with van der Waals surface area (Å²) in [7, 11) is 4.30. The zero-order valence-corrected chi connectivity index (χ0v) is 9.92. The summed E-state index contributed by atoms with van der Waals surface area (Å²) in [6.45, 7) is 9.66. The predicted octanol–water partition coefficient (Wildman–Crippen LogP) is 0.479. The van der Waals surface area contributed by atoms with Crippen molar-refractivity contribution >= 4 is 0 Å². The maximum atomic E-state index is 3.34. The van der Waals surface area contributed by atoms with Crippen LogP contribution in [0, 0.1) is 5.92 Å². The second-order valence-electron chi connectivity index (χ2n) is 4.63. The van der Waals surface area contributed by atoms with E-state index in [0.29, 0.717) is 0 Å². The quantitative estimate of drug-likeness (QED) is 0.643. The van der Waals surface area contributed by atoms with Crippen molar-refractivity contribution in [2.45, 2.75) is 13.3 Å². The van der Waals surface area contributed by atoms with Crippen LogP contribution in [0.15, 0.2) is 0 Å². The van der Waals surface area contributed by atoms with Gasteiger partial charge in [-0.05, 0) is 33.0 Å². The van der Waals surface area contributed by atoms with E-state index in [9.17, 15) is 0 Å². The van der Waals surface area contributed by atoms with Crippen molar-refractivity contribution in [2.24, 2.45) is 5.92 Å². The highest BCUT2D eigenvalue weighted by Crippen LogP contribution is 2.06. The summed E-state index contributed by atoms with van der Waals surface area (Å²) in [5.41, 5.74) is 0. The van der Waals surface area contributed by atoms with Crippen molar-refractivity contribution in [1.82, 2.24) is 15.1 Å². The zero-order valence-electron chi connectivity index (χ0n) is 9.92. The van der Waals surface area contributed by atoms with Gasteiger partial charge in [0.05, 0.1) is 0 Å². The average molecular weight is 199 g/mol. The fourth-order valence-electron chi connectivity index (χ4n) is 1.79. The van der Waals surface area contributed by atoms with Crippen LogP contribution < -0.4 is 5.32 Å². The molecule has 1 aliphatic heterocycles. The zero-order chi connectivity index (χ0) is 10.4. The van der Waals surface area contributed by atoms with E-state index in [1.807, 2.05) is 0 Å². The van der Waals surface area contributed by atoms with Crippen molar-refractivity contribution in [2.75, 3.05) is 53.4 Å². The summed E-state index contributed by atoms with van der Waals surface area (Å²) in [4.78, 5) is 4.87. The lowest BCUT2D eigenvalue weighted by Gasteiger charge is -2.33. The van der Waals surface area contributed by atoms with Gasteiger partial charge in [-0.15, -0.1) is 0 Å². The van der Waals surface area contributed by atoms with Crippen LogP contribution in [-0.4, -0.2) is 63.2 Å². The fourth-order valence-corrected chi connectivity index (χ4v) is 1.79. The monoisotopic (exact) mass is 199 g/mol. The number of nitrogens with one attached hydrogen (secondary N) is 1. The molecule has 0 radical (unpaired) electrons. The Hall–Kier alpha value is -0.120. The van der Waals surface area contributed by atoms with Crippen molar-refractivity contribution in [3.8, 4) is 0 Å². The first-order valence-electron chi connectivity index (χ1n) is 5.80. The molecule has 1 N–H and O–H groups in total. The van der Waals surface area contributed by atoms with E-state index in [4.69, 9.17) is 0 Å². The second kappa shape index (κ2) is 6.38. The summed E-state index contributed by atoms with van der Waals surface area (Å²) >= 11 is 0. The van der Waals surface area contributed by atoms with Gasteiger partial charge in [-0.2, -0.15) is 0 Å². The Bertz CT molecular complexity index is 143. The highest BCUT2D eigenvalue weighted by molar-refractivity contribution is 4.78. The van der Waals surface area contributed by atoms with Crippen LogP contribution in [0.3, 0.4) is 0 Å². The van der Waals surface area contributed by atoms with Crippen LogP contribution >= 0.6 is 0 Å². The lowest BCUT2D eigenvalue weighted by molar-refractivity contribution is 0.179. The summed E-state index contributed by atoms with van der Waals surface area (Å²) in [5.74, 6) is 0.906. The molecule has 1 fully saturated rings. The lowest BCUT2D eigenvalue weighted by atomic mass is 10.0. The van der Waals surface area contributed by atoms with Crippen molar-refractivity contribution < 1.29 is 0 Å². The van der Waals surface area contributed by atoms with Gasteiger partial charge in [0.1, 0.15) is 0 Å². The van der Waals surface area contributed by atoms with Crippen molar-refractivity contribution in [3.63, 3.8) is 0 Å². The molecule has 3 heteroatoms. The molecule has 84 valence electrons. The Labute approximate surface area is 88.5 Å². The molecule has 1 aliphatic rings. The molecule has 0 aromatic carbocycles. The molecule has 0 atom stereocenters. The first-order chi connectivity index (χ1) is 6.72. The molecule has 1 heterocycles. The summed E-state index contributed by atoms with van der Waals surface area (Å²) in [6.07, 6.45) is 1.27. The van der Waals surface area contributed by atoms with Crippen LogP contribution in [0.2, 0.25) is 0 Å². The molecule has 0 amide bonds. The Morgan fingerprint density at radius 2 is 1.86 bits per heavy atom. The van der Waals surface area contributed by atoms with Crippen molar-refractivity contribution in [1.29, 1.82) is 0 Å². The van der Waals surface area contributed by atoms with Gasteiger partial charge < -0.3 is 15.1 Å². The van der Waals surface area contributed by atoms with Crippen LogP contribution in [-0.2, 0) is 0 Å². The molecule has 1 saturated heterocycles. The third-order valence-electron chi connectivity index (χ3n) is 2.79. The Balaban J connectivity index is 2.15. The number of nitrogens with zero attached hydrogens (tertiary/aromatic N) is 2. The second-order valence-corrected chi connectivity index (χ2v) is 4.63. The van der Waals surface area contributed by atoms with E-state index < -0.39 is 0 Å². The van der Waals surface area contributed by atoms with Crippen LogP contribution in [0.1, 0.15) is 13.3 Å². The third-order valence-corrected chi connectivity index (χ3v) is 2.79. The molecule has 14 heavy (non-hydrogen) atoms. The largest absolute Gasteiger partial charge is 0.316 e. The standard InChI is InChI=1S/C11H25N3/c1-4-5-14(7-6-13(2)3)10-11-8-12-9-11/h11-12H,4-10H2,1-3H3. The highest BCUT2D eigenvalue weighted by Gasteiger charge is 2.19. The maximum Gasteiger partial charge on any atom is 0.0109 e. The first kappa shape index (κ1) is 12.0. The molecule has 0 aromatic rings. The molecule has 0 unspecified atom stereocenters. The normalized spacial score (nSPS) is 17.8. The molecule has 0 saturated carbocycles. The maximum absolute atomic E-state index is 3.34. The Kier molecular flexibility index (Phi) is 5.45. The van der Waals surface area contributed by atoms with E-state index in [1.54, 1.807) is 0 Å². The van der Waals surface area contributed by atoms with Gasteiger partial charge in [-0.1, -0.05) is 6.92 Å².